The molecule has 0 unspecified atom stereocenters. The van der Waals surface area contributed by atoms with Gasteiger partial charge in [0, 0.05) is 32.1 Å². The van der Waals surface area contributed by atoms with Gasteiger partial charge in [-0.3, -0.25) is 9.69 Å². The van der Waals surface area contributed by atoms with Gasteiger partial charge in [0.25, 0.3) is 0 Å². The molecule has 0 atom stereocenters. The Bertz CT molecular complexity index is 1290. The van der Waals surface area contributed by atoms with Crippen LogP contribution in [-0.4, -0.2) is 75.9 Å². The monoisotopic (exact) mass is 520 g/mol. The Kier molecular flexibility index (Phi) is 7.70. The van der Waals surface area contributed by atoms with Crippen LogP contribution in [0, 0.1) is 11.7 Å². The summed E-state index contributed by atoms with van der Waals surface area (Å²) in [6, 6.07) is 10.5. The van der Waals surface area contributed by atoms with Crippen molar-refractivity contribution in [2.75, 3.05) is 52.3 Å². The molecular formula is C24H29FN4O4S2. The Morgan fingerprint density at radius 2 is 1.83 bits per heavy atom. The van der Waals surface area contributed by atoms with Gasteiger partial charge >= 0.3 is 0 Å². The van der Waals surface area contributed by atoms with Crippen LogP contribution in [-0.2, 0) is 14.8 Å². The normalized spacial score (nSPS) is 15.6. The van der Waals surface area contributed by atoms with Gasteiger partial charge in [-0.2, -0.15) is 4.31 Å². The molecule has 2 heterocycles. The fraction of sp³-hybridized carbons (Fsp3) is 0.417. The minimum atomic E-state index is -3.74. The number of aromatic nitrogens is 1. The first-order valence-corrected chi connectivity index (χ1v) is 13.6. The Labute approximate surface area is 209 Å². The van der Waals surface area contributed by atoms with E-state index in [1.807, 2.05) is 37.2 Å². The fourth-order valence-corrected chi connectivity index (χ4v) is 6.60. The molecule has 4 rings (SSSR count). The van der Waals surface area contributed by atoms with Crippen LogP contribution in [0.4, 0.5) is 9.52 Å². The first-order valence-electron chi connectivity index (χ1n) is 11.4. The summed E-state index contributed by atoms with van der Waals surface area (Å²) in [5, 5.41) is 0.609. The average molecular weight is 521 g/mol. The largest absolute Gasteiger partial charge is 0.494 e. The molecule has 0 radical (unpaired) electrons. The molecule has 1 aromatic heterocycles. The van der Waals surface area contributed by atoms with E-state index in [0.29, 0.717) is 36.8 Å². The van der Waals surface area contributed by atoms with E-state index in [1.165, 1.54) is 27.8 Å². The smallest absolute Gasteiger partial charge is 0.243 e. The van der Waals surface area contributed by atoms with E-state index >= 15 is 0 Å². The Balaban J connectivity index is 1.52. The maximum atomic E-state index is 13.6. The zero-order valence-electron chi connectivity index (χ0n) is 20.0. The number of carbonyl (C=O) groups excluding carboxylic acids is 1. The van der Waals surface area contributed by atoms with Gasteiger partial charge in [-0.1, -0.05) is 17.4 Å². The summed E-state index contributed by atoms with van der Waals surface area (Å²) in [4.78, 5) is 22.1. The topological polar surface area (TPSA) is 83.0 Å². The van der Waals surface area contributed by atoms with Gasteiger partial charge in [-0.25, -0.2) is 17.8 Å². The SMILES string of the molecule is COc1cccc2sc(N(CCN(C)C)C(=O)C3CCN(S(=O)(=O)c4ccc(F)cc4)CC3)nc12. The highest BCUT2D eigenvalue weighted by molar-refractivity contribution is 7.89. The predicted molar refractivity (Wildman–Crippen MR) is 135 cm³/mol. The minimum absolute atomic E-state index is 0.0521. The number of nitrogens with zero attached hydrogens (tertiary/aromatic N) is 4. The quantitative estimate of drug-likeness (QED) is 0.453. The number of para-hydroxylation sites is 1. The van der Waals surface area contributed by atoms with E-state index in [1.54, 1.807) is 12.0 Å². The van der Waals surface area contributed by atoms with Gasteiger partial charge in [-0.15, -0.1) is 0 Å². The van der Waals surface area contributed by atoms with Gasteiger partial charge < -0.3 is 9.64 Å². The standard InChI is InChI=1S/C24H29FN4O4S2/c1-27(2)15-16-29(24-26-22-20(33-3)5-4-6-21(22)34-24)23(30)17-11-13-28(14-12-17)35(31,32)19-9-7-18(25)8-10-19/h4-10,17H,11-16H2,1-3H3. The molecule has 0 spiro atoms. The molecule has 1 saturated heterocycles. The number of halogens is 1. The number of methoxy groups -OCH3 is 1. The van der Waals surface area contributed by atoms with Crippen LogP contribution in [0.2, 0.25) is 0 Å². The lowest BCUT2D eigenvalue weighted by Gasteiger charge is -2.33. The van der Waals surface area contributed by atoms with E-state index < -0.39 is 15.8 Å². The van der Waals surface area contributed by atoms with Crippen molar-refractivity contribution in [2.45, 2.75) is 17.7 Å². The van der Waals surface area contributed by atoms with Crippen molar-refractivity contribution in [1.82, 2.24) is 14.2 Å². The Morgan fingerprint density at radius 3 is 2.46 bits per heavy atom. The van der Waals surface area contributed by atoms with Crippen molar-refractivity contribution in [3.8, 4) is 5.75 Å². The van der Waals surface area contributed by atoms with E-state index in [4.69, 9.17) is 9.72 Å². The molecule has 1 aliphatic rings. The van der Waals surface area contributed by atoms with Crippen molar-refractivity contribution in [3.63, 3.8) is 0 Å². The number of piperidine rings is 1. The van der Waals surface area contributed by atoms with Crippen molar-refractivity contribution >= 4 is 42.6 Å². The zero-order valence-corrected chi connectivity index (χ0v) is 21.6. The number of hydrogen-bond acceptors (Lipinski definition) is 7. The molecule has 0 bridgehead atoms. The second-order valence-corrected chi connectivity index (χ2v) is 11.7. The van der Waals surface area contributed by atoms with Crippen molar-refractivity contribution in [1.29, 1.82) is 0 Å². The number of fused-ring (bicyclic) bond motifs is 1. The Morgan fingerprint density at radius 1 is 1.14 bits per heavy atom. The number of rotatable bonds is 8. The number of ether oxygens (including phenoxy) is 1. The predicted octanol–water partition coefficient (Wildman–Crippen LogP) is 3.44. The van der Waals surface area contributed by atoms with Crippen LogP contribution in [0.15, 0.2) is 47.4 Å². The minimum Gasteiger partial charge on any atom is -0.494 e. The number of sulfonamides is 1. The van der Waals surface area contributed by atoms with E-state index in [-0.39, 0.29) is 29.8 Å². The van der Waals surface area contributed by atoms with Crippen molar-refractivity contribution in [3.05, 3.63) is 48.3 Å². The molecule has 35 heavy (non-hydrogen) atoms. The summed E-state index contributed by atoms with van der Waals surface area (Å²) in [5.41, 5.74) is 0.720. The number of amides is 1. The molecule has 1 amide bonds. The molecule has 3 aromatic rings. The number of hydrogen-bond donors (Lipinski definition) is 0. The van der Waals surface area contributed by atoms with Crippen molar-refractivity contribution in [2.24, 2.45) is 5.92 Å². The van der Waals surface area contributed by atoms with Gasteiger partial charge in [0.15, 0.2) is 5.13 Å². The summed E-state index contributed by atoms with van der Waals surface area (Å²) in [5.74, 6) is -0.197. The first-order chi connectivity index (χ1) is 16.7. The molecule has 8 nitrogen and oxygen atoms in total. The number of thiazole rings is 1. The molecule has 0 N–H and O–H groups in total. The van der Waals surface area contributed by atoms with E-state index in [9.17, 15) is 17.6 Å². The number of likely N-dealkylation sites (N-methyl/N-ethyl adjacent to an activating group) is 1. The molecule has 2 aromatic carbocycles. The average Bonchev–Trinajstić information content (AvgIpc) is 3.28. The van der Waals surface area contributed by atoms with E-state index in [0.717, 1.165) is 22.3 Å². The van der Waals surface area contributed by atoms with Crippen LogP contribution in [0.3, 0.4) is 0 Å². The summed E-state index contributed by atoms with van der Waals surface area (Å²) in [6.45, 7) is 1.59. The fourth-order valence-electron chi connectivity index (χ4n) is 4.11. The van der Waals surface area contributed by atoms with Gasteiger partial charge in [0.05, 0.1) is 16.7 Å². The highest BCUT2D eigenvalue weighted by Crippen LogP contribution is 2.35. The molecule has 11 heteroatoms. The van der Waals surface area contributed by atoms with Crippen molar-refractivity contribution < 1.29 is 22.3 Å². The second-order valence-electron chi connectivity index (χ2n) is 8.73. The van der Waals surface area contributed by atoms with Gasteiger partial charge in [0.2, 0.25) is 15.9 Å². The molecule has 1 fully saturated rings. The maximum Gasteiger partial charge on any atom is 0.243 e. The van der Waals surface area contributed by atoms with Crippen LogP contribution in [0.1, 0.15) is 12.8 Å². The highest BCUT2D eigenvalue weighted by Gasteiger charge is 2.35. The van der Waals surface area contributed by atoms with Crippen LogP contribution in [0.25, 0.3) is 10.2 Å². The third kappa shape index (κ3) is 5.48. The zero-order chi connectivity index (χ0) is 25.2. The summed E-state index contributed by atoms with van der Waals surface area (Å²) in [7, 11) is 1.75. The van der Waals surface area contributed by atoms with Gasteiger partial charge in [-0.05, 0) is 63.3 Å². The van der Waals surface area contributed by atoms with Crippen LogP contribution < -0.4 is 9.64 Å². The van der Waals surface area contributed by atoms with Gasteiger partial charge in [0.1, 0.15) is 17.1 Å². The maximum absolute atomic E-state index is 13.6. The Hall–Kier alpha value is -2.60. The summed E-state index contributed by atoms with van der Waals surface area (Å²) in [6.07, 6.45) is 0.817. The lowest BCUT2D eigenvalue weighted by Crippen LogP contribution is -2.46. The summed E-state index contributed by atoms with van der Waals surface area (Å²) < 4.78 is 46.9. The molecular weight excluding hydrogens is 491 g/mol. The number of anilines is 1. The molecule has 188 valence electrons. The number of carbonyl (C=O) groups is 1. The summed E-state index contributed by atoms with van der Waals surface area (Å²) >= 11 is 1.44. The lowest BCUT2D eigenvalue weighted by molar-refractivity contribution is -0.123. The number of benzene rings is 2. The third-order valence-corrected chi connectivity index (χ3v) is 9.07. The van der Waals surface area contributed by atoms with Crippen LogP contribution in [0.5, 0.6) is 5.75 Å². The molecule has 0 aliphatic carbocycles. The van der Waals surface area contributed by atoms with E-state index in [2.05, 4.69) is 0 Å². The van der Waals surface area contributed by atoms with Crippen LogP contribution >= 0.6 is 11.3 Å². The lowest BCUT2D eigenvalue weighted by atomic mass is 9.96. The third-order valence-electron chi connectivity index (χ3n) is 6.11. The highest BCUT2D eigenvalue weighted by atomic mass is 32.2. The molecule has 0 saturated carbocycles. The molecule has 1 aliphatic heterocycles. The first kappa shape index (κ1) is 25.5. The second kappa shape index (κ2) is 10.6.